The number of amides is 1. The van der Waals surface area contributed by atoms with Gasteiger partial charge in [0.25, 0.3) is 0 Å². The number of benzene rings is 1. The van der Waals surface area contributed by atoms with E-state index in [1.165, 1.54) is 12.8 Å². The van der Waals surface area contributed by atoms with Gasteiger partial charge < -0.3 is 14.8 Å². The predicted octanol–water partition coefficient (Wildman–Crippen LogP) is 3.87. The summed E-state index contributed by atoms with van der Waals surface area (Å²) >= 11 is 0. The molecular weight excluding hydrogens is 326 g/mol. The fourth-order valence-electron chi connectivity index (χ4n) is 5.42. The van der Waals surface area contributed by atoms with Crippen LogP contribution in [0.25, 0.3) is 0 Å². The minimum atomic E-state index is -0.00316. The van der Waals surface area contributed by atoms with Crippen LogP contribution in [0, 0.1) is 29.1 Å². The number of hydrogen-bond donors (Lipinski definition) is 1. The number of carbonyl (C=O) groups excluding carboxylic acids is 1. The summed E-state index contributed by atoms with van der Waals surface area (Å²) in [6, 6.07) is 6.05. The molecule has 1 spiro atoms. The molecule has 4 nitrogen and oxygen atoms in total. The predicted molar refractivity (Wildman–Crippen MR) is 99.0 cm³/mol. The Morgan fingerprint density at radius 2 is 1.92 bits per heavy atom. The molecule has 0 radical (unpaired) electrons. The molecule has 1 amide bonds. The normalized spacial score (nSPS) is 30.7. The smallest absolute Gasteiger partial charge is 0.224 e. The SMILES string of the molecule is CC(C)[C@@H](NC(=O)[C@@H]1C[C@H]2C=C[C@H]1C21CC1)c1ccc2c(c1)OCCO2. The van der Waals surface area contributed by atoms with E-state index < -0.39 is 0 Å². The molecule has 1 aromatic carbocycles. The topological polar surface area (TPSA) is 47.6 Å². The first-order valence-corrected chi connectivity index (χ1v) is 9.97. The summed E-state index contributed by atoms with van der Waals surface area (Å²) < 4.78 is 11.4. The van der Waals surface area contributed by atoms with Crippen LogP contribution in [-0.2, 0) is 4.79 Å². The number of nitrogens with one attached hydrogen (secondary N) is 1. The quantitative estimate of drug-likeness (QED) is 0.836. The van der Waals surface area contributed by atoms with Crippen LogP contribution in [0.5, 0.6) is 11.5 Å². The summed E-state index contributed by atoms with van der Waals surface area (Å²) in [5, 5.41) is 3.36. The Morgan fingerprint density at radius 3 is 2.62 bits per heavy atom. The van der Waals surface area contributed by atoms with Crippen molar-refractivity contribution in [2.45, 2.75) is 39.2 Å². The van der Waals surface area contributed by atoms with E-state index in [9.17, 15) is 4.79 Å². The van der Waals surface area contributed by atoms with Crippen LogP contribution >= 0.6 is 0 Å². The molecule has 26 heavy (non-hydrogen) atoms. The van der Waals surface area contributed by atoms with Gasteiger partial charge in [-0.1, -0.05) is 32.1 Å². The molecule has 138 valence electrons. The molecule has 1 heterocycles. The van der Waals surface area contributed by atoms with Crippen LogP contribution in [0.4, 0.5) is 0 Å². The molecule has 1 aliphatic heterocycles. The van der Waals surface area contributed by atoms with E-state index in [4.69, 9.17) is 9.47 Å². The van der Waals surface area contributed by atoms with Gasteiger partial charge in [-0.15, -0.1) is 0 Å². The molecule has 5 rings (SSSR count). The summed E-state index contributed by atoms with van der Waals surface area (Å²) in [5.41, 5.74) is 1.55. The Kier molecular flexibility index (Phi) is 3.60. The lowest BCUT2D eigenvalue weighted by molar-refractivity contribution is -0.127. The molecule has 3 aliphatic carbocycles. The van der Waals surface area contributed by atoms with Gasteiger partial charge in [0, 0.05) is 5.92 Å². The van der Waals surface area contributed by atoms with Gasteiger partial charge in [0.2, 0.25) is 5.91 Å². The lowest BCUT2D eigenvalue weighted by Gasteiger charge is -2.28. The highest BCUT2D eigenvalue weighted by molar-refractivity contribution is 5.81. The van der Waals surface area contributed by atoms with Crippen molar-refractivity contribution in [3.63, 3.8) is 0 Å². The van der Waals surface area contributed by atoms with Crippen molar-refractivity contribution < 1.29 is 14.3 Å². The Balaban J connectivity index is 1.35. The Labute approximate surface area is 154 Å². The van der Waals surface area contributed by atoms with Gasteiger partial charge in [-0.25, -0.2) is 0 Å². The number of ether oxygens (including phenoxy) is 2. The number of carbonyl (C=O) groups is 1. The number of rotatable bonds is 4. The van der Waals surface area contributed by atoms with Crippen LogP contribution in [-0.4, -0.2) is 19.1 Å². The second-order valence-corrected chi connectivity index (χ2v) is 8.73. The third-order valence-corrected chi connectivity index (χ3v) is 6.95. The van der Waals surface area contributed by atoms with E-state index in [1.54, 1.807) is 0 Å². The molecule has 2 fully saturated rings. The molecule has 4 atom stereocenters. The first-order chi connectivity index (χ1) is 12.6. The molecule has 2 saturated carbocycles. The highest BCUT2D eigenvalue weighted by Crippen LogP contribution is 2.70. The Hall–Kier alpha value is -1.97. The summed E-state index contributed by atoms with van der Waals surface area (Å²) in [6.07, 6.45) is 8.31. The minimum Gasteiger partial charge on any atom is -0.486 e. The second kappa shape index (κ2) is 5.77. The summed E-state index contributed by atoms with van der Waals surface area (Å²) in [7, 11) is 0. The minimum absolute atomic E-state index is 0.00316. The van der Waals surface area contributed by atoms with E-state index in [1.807, 2.05) is 12.1 Å². The Morgan fingerprint density at radius 1 is 1.15 bits per heavy atom. The van der Waals surface area contributed by atoms with Gasteiger partial charge in [-0.3, -0.25) is 4.79 Å². The first-order valence-electron chi connectivity index (χ1n) is 9.97. The maximum Gasteiger partial charge on any atom is 0.224 e. The first kappa shape index (κ1) is 16.2. The van der Waals surface area contributed by atoms with Crippen LogP contribution in [0.2, 0.25) is 0 Å². The summed E-state index contributed by atoms with van der Waals surface area (Å²) in [5.74, 6) is 3.35. The zero-order chi connectivity index (χ0) is 17.9. The molecule has 0 aromatic heterocycles. The maximum absolute atomic E-state index is 13.1. The molecule has 1 N–H and O–H groups in total. The lowest BCUT2D eigenvalue weighted by atomic mass is 9.87. The third-order valence-electron chi connectivity index (χ3n) is 6.95. The van der Waals surface area contributed by atoms with Crippen molar-refractivity contribution in [1.29, 1.82) is 0 Å². The lowest BCUT2D eigenvalue weighted by Crippen LogP contribution is -2.38. The van der Waals surface area contributed by atoms with E-state index in [2.05, 4.69) is 37.4 Å². The van der Waals surface area contributed by atoms with Crippen molar-refractivity contribution in [2.24, 2.45) is 29.1 Å². The van der Waals surface area contributed by atoms with E-state index in [0.29, 0.717) is 36.4 Å². The van der Waals surface area contributed by atoms with Gasteiger partial charge in [0.05, 0.1) is 6.04 Å². The average Bonchev–Trinajstić information content (AvgIpc) is 3.32. The Bertz CT molecular complexity index is 765. The highest BCUT2D eigenvalue weighted by Gasteiger charge is 2.64. The van der Waals surface area contributed by atoms with Gasteiger partial charge >= 0.3 is 0 Å². The van der Waals surface area contributed by atoms with Crippen LogP contribution in [0.3, 0.4) is 0 Å². The molecule has 1 aromatic rings. The zero-order valence-corrected chi connectivity index (χ0v) is 15.5. The van der Waals surface area contributed by atoms with Crippen LogP contribution < -0.4 is 14.8 Å². The standard InChI is InChI=1S/C22H27NO3/c1-13(2)20(14-3-6-18-19(11-14)26-10-9-25-18)23-21(24)16-12-15-4-5-17(16)22(15)7-8-22/h3-6,11,13,15-17,20H,7-10,12H2,1-2H3,(H,23,24)/t15-,16-,17-,20-/m1/s1. The largest absolute Gasteiger partial charge is 0.486 e. The maximum atomic E-state index is 13.1. The zero-order valence-electron chi connectivity index (χ0n) is 15.5. The van der Waals surface area contributed by atoms with Crippen molar-refractivity contribution in [2.75, 3.05) is 13.2 Å². The fourth-order valence-corrected chi connectivity index (χ4v) is 5.42. The van der Waals surface area contributed by atoms with E-state index in [0.717, 1.165) is 23.5 Å². The third kappa shape index (κ3) is 2.38. The van der Waals surface area contributed by atoms with Gasteiger partial charge in [0.15, 0.2) is 11.5 Å². The summed E-state index contributed by atoms with van der Waals surface area (Å²) in [6.45, 7) is 5.49. The monoisotopic (exact) mass is 353 g/mol. The summed E-state index contributed by atoms with van der Waals surface area (Å²) in [4.78, 5) is 13.1. The second-order valence-electron chi connectivity index (χ2n) is 8.73. The van der Waals surface area contributed by atoms with E-state index in [-0.39, 0.29) is 17.9 Å². The number of hydrogen-bond acceptors (Lipinski definition) is 3. The van der Waals surface area contributed by atoms with E-state index >= 15 is 0 Å². The molecule has 0 saturated heterocycles. The molecule has 2 bridgehead atoms. The van der Waals surface area contributed by atoms with Gasteiger partial charge in [-0.05, 0) is 60.1 Å². The van der Waals surface area contributed by atoms with Crippen molar-refractivity contribution in [3.05, 3.63) is 35.9 Å². The molecular formula is C22H27NO3. The van der Waals surface area contributed by atoms with Crippen molar-refractivity contribution >= 4 is 5.91 Å². The van der Waals surface area contributed by atoms with Gasteiger partial charge in [-0.2, -0.15) is 0 Å². The molecule has 4 aliphatic rings. The van der Waals surface area contributed by atoms with Gasteiger partial charge in [0.1, 0.15) is 13.2 Å². The van der Waals surface area contributed by atoms with Crippen molar-refractivity contribution in [3.8, 4) is 11.5 Å². The average molecular weight is 353 g/mol. The van der Waals surface area contributed by atoms with Crippen LogP contribution in [0.1, 0.15) is 44.7 Å². The highest BCUT2D eigenvalue weighted by atomic mass is 16.6. The number of fused-ring (bicyclic) bond motifs is 1. The fraction of sp³-hybridized carbons (Fsp3) is 0.591. The van der Waals surface area contributed by atoms with Crippen LogP contribution in [0.15, 0.2) is 30.4 Å². The number of allylic oxidation sites excluding steroid dienone is 2. The molecule has 0 unspecified atom stereocenters. The molecule has 4 heteroatoms. The van der Waals surface area contributed by atoms with Crippen molar-refractivity contribution in [1.82, 2.24) is 5.32 Å².